The molecule has 1 atom stereocenters. The van der Waals surface area contributed by atoms with Crippen LogP contribution in [-0.4, -0.2) is 71.4 Å². The Kier molecular flexibility index (Phi) is 9.80. The highest BCUT2D eigenvalue weighted by Crippen LogP contribution is 2.21. The Morgan fingerprint density at radius 2 is 1.71 bits per heavy atom. The lowest BCUT2D eigenvalue weighted by Gasteiger charge is -2.26. The predicted octanol–water partition coefficient (Wildman–Crippen LogP) is 2.24. The lowest BCUT2D eigenvalue weighted by atomic mass is 10.00. The number of aryl methyl sites for hydroxylation is 1. The summed E-state index contributed by atoms with van der Waals surface area (Å²) in [7, 11) is 3.06. The maximum absolute atomic E-state index is 13.2. The summed E-state index contributed by atoms with van der Waals surface area (Å²) in [4.78, 5) is 53.7. The molecular formula is C30H35ClN4O6. The van der Waals surface area contributed by atoms with E-state index in [2.05, 4.69) is 10.2 Å². The molecule has 1 fully saturated rings. The van der Waals surface area contributed by atoms with Crippen LogP contribution in [0.25, 0.3) is 11.1 Å². The van der Waals surface area contributed by atoms with Crippen molar-refractivity contribution in [1.29, 1.82) is 0 Å². The Balaban J connectivity index is 1.55. The number of ether oxygens (including phenoxy) is 2. The van der Waals surface area contributed by atoms with Crippen molar-refractivity contribution in [3.63, 3.8) is 0 Å². The average molecular weight is 583 g/mol. The molecule has 4 rings (SSSR count). The van der Waals surface area contributed by atoms with E-state index in [4.69, 9.17) is 21.1 Å². The molecule has 11 heteroatoms. The lowest BCUT2D eigenvalue weighted by Crippen LogP contribution is -2.45. The maximum Gasteiger partial charge on any atom is 0.330 e. The second-order valence-corrected chi connectivity index (χ2v) is 10.6. The first-order valence-corrected chi connectivity index (χ1v) is 13.8. The third-order valence-corrected chi connectivity index (χ3v) is 7.75. The molecule has 0 radical (unpaired) electrons. The zero-order valence-corrected chi connectivity index (χ0v) is 24.5. The third kappa shape index (κ3) is 6.95. The number of halogens is 1. The zero-order chi connectivity index (χ0) is 29.7. The minimum absolute atomic E-state index is 0.163. The fraction of sp³-hybridized carbons (Fsp3) is 0.400. The van der Waals surface area contributed by atoms with Gasteiger partial charge in [0, 0.05) is 45.8 Å². The lowest BCUT2D eigenvalue weighted by molar-refractivity contribution is -0.146. The molecule has 2 aromatic carbocycles. The van der Waals surface area contributed by atoms with E-state index in [0.717, 1.165) is 23.2 Å². The van der Waals surface area contributed by atoms with Gasteiger partial charge in [0.1, 0.15) is 12.6 Å². The minimum Gasteiger partial charge on any atom is -0.463 e. The molecule has 0 bridgehead atoms. The summed E-state index contributed by atoms with van der Waals surface area (Å²) < 4.78 is 13.5. The van der Waals surface area contributed by atoms with Crippen LogP contribution < -0.4 is 16.6 Å². The number of nitrogens with one attached hydrogen (secondary N) is 1. The van der Waals surface area contributed by atoms with Crippen molar-refractivity contribution in [2.75, 3.05) is 39.5 Å². The molecule has 0 aliphatic carbocycles. The van der Waals surface area contributed by atoms with Gasteiger partial charge >= 0.3 is 11.7 Å². The van der Waals surface area contributed by atoms with Gasteiger partial charge in [-0.15, -0.1) is 0 Å². The van der Waals surface area contributed by atoms with Crippen LogP contribution in [0.1, 0.15) is 27.2 Å². The summed E-state index contributed by atoms with van der Waals surface area (Å²) in [5.74, 6) is -1.02. The predicted molar refractivity (Wildman–Crippen MR) is 156 cm³/mol. The molecule has 0 saturated carbocycles. The Morgan fingerprint density at radius 3 is 2.37 bits per heavy atom. The van der Waals surface area contributed by atoms with Gasteiger partial charge in [0.2, 0.25) is 0 Å². The number of carbonyl (C=O) groups excluding carboxylic acids is 2. The Labute approximate surface area is 243 Å². The molecule has 1 saturated heterocycles. The number of aromatic nitrogens is 2. The van der Waals surface area contributed by atoms with Gasteiger partial charge in [-0.3, -0.25) is 19.1 Å². The van der Waals surface area contributed by atoms with Crippen LogP contribution in [0.4, 0.5) is 0 Å². The van der Waals surface area contributed by atoms with Gasteiger partial charge in [-0.1, -0.05) is 48.0 Å². The van der Waals surface area contributed by atoms with Crippen LogP contribution in [0.3, 0.4) is 0 Å². The highest BCUT2D eigenvalue weighted by atomic mass is 35.5. The number of carbonyl (C=O) groups is 2. The number of benzene rings is 2. The molecule has 0 spiro atoms. The smallest absolute Gasteiger partial charge is 0.330 e. The van der Waals surface area contributed by atoms with E-state index in [9.17, 15) is 19.2 Å². The van der Waals surface area contributed by atoms with Gasteiger partial charge in [-0.05, 0) is 36.6 Å². The molecule has 1 aliphatic heterocycles. The normalized spacial score (nSPS) is 14.5. The molecule has 3 aromatic rings. The van der Waals surface area contributed by atoms with Crippen LogP contribution in [0.15, 0.2) is 52.1 Å². The number of esters is 1. The van der Waals surface area contributed by atoms with E-state index in [1.165, 1.54) is 11.6 Å². The maximum atomic E-state index is 13.2. The molecule has 2 heterocycles. The molecule has 1 unspecified atom stereocenters. The van der Waals surface area contributed by atoms with Crippen molar-refractivity contribution in [2.45, 2.75) is 26.3 Å². The zero-order valence-electron chi connectivity index (χ0n) is 23.7. The molecule has 41 heavy (non-hydrogen) atoms. The van der Waals surface area contributed by atoms with Crippen LogP contribution in [0.5, 0.6) is 0 Å². The van der Waals surface area contributed by atoms with Crippen molar-refractivity contribution in [3.05, 3.63) is 90.7 Å². The number of rotatable bonds is 9. The number of nitrogens with zero attached hydrogens (tertiary/aromatic N) is 3. The fourth-order valence-electron chi connectivity index (χ4n) is 4.86. The number of amides is 1. The van der Waals surface area contributed by atoms with Gasteiger partial charge in [-0.25, -0.2) is 9.59 Å². The summed E-state index contributed by atoms with van der Waals surface area (Å²) in [6.45, 7) is 7.09. The van der Waals surface area contributed by atoms with Crippen molar-refractivity contribution < 1.29 is 19.1 Å². The van der Waals surface area contributed by atoms with Gasteiger partial charge in [-0.2, -0.15) is 0 Å². The Bertz CT molecular complexity index is 1520. The molecule has 1 amide bonds. The summed E-state index contributed by atoms with van der Waals surface area (Å²) >= 11 is 6.31. The summed E-state index contributed by atoms with van der Waals surface area (Å²) in [6.07, 6.45) is 0.163. The first-order valence-electron chi connectivity index (χ1n) is 13.5. The monoisotopic (exact) mass is 582 g/mol. The first kappa shape index (κ1) is 30.2. The van der Waals surface area contributed by atoms with E-state index in [1.54, 1.807) is 63.4 Å². The van der Waals surface area contributed by atoms with E-state index >= 15 is 0 Å². The second-order valence-electron chi connectivity index (χ2n) is 10.1. The highest BCUT2D eigenvalue weighted by Gasteiger charge is 2.26. The van der Waals surface area contributed by atoms with Crippen molar-refractivity contribution >= 4 is 23.5 Å². The van der Waals surface area contributed by atoms with E-state index in [0.29, 0.717) is 52.7 Å². The largest absolute Gasteiger partial charge is 0.463 e. The van der Waals surface area contributed by atoms with Gasteiger partial charge < -0.3 is 19.4 Å². The van der Waals surface area contributed by atoms with E-state index < -0.39 is 23.6 Å². The van der Waals surface area contributed by atoms with E-state index in [1.807, 2.05) is 0 Å². The SMILES string of the molecule is Cc1cccc(Cl)c1C(=O)NC(Cc1ccc(-c2c(C)n(C)c(=O)n(C)c2=O)cc1)C(=O)OCCN1CCOCC1. The van der Waals surface area contributed by atoms with Gasteiger partial charge in [0.15, 0.2) is 0 Å². The quantitative estimate of drug-likeness (QED) is 0.385. The topological polar surface area (TPSA) is 112 Å². The van der Waals surface area contributed by atoms with Crippen LogP contribution in [0.2, 0.25) is 5.02 Å². The molecule has 1 aliphatic rings. The first-order chi connectivity index (χ1) is 19.6. The second kappa shape index (κ2) is 13.3. The van der Waals surface area contributed by atoms with Crippen LogP contribution in [0, 0.1) is 13.8 Å². The molecule has 10 nitrogen and oxygen atoms in total. The number of hydrogen-bond acceptors (Lipinski definition) is 7. The van der Waals surface area contributed by atoms with Gasteiger partial charge in [0.25, 0.3) is 11.5 Å². The fourth-order valence-corrected chi connectivity index (χ4v) is 5.17. The Morgan fingerprint density at radius 1 is 1.02 bits per heavy atom. The highest BCUT2D eigenvalue weighted by molar-refractivity contribution is 6.34. The molecular weight excluding hydrogens is 548 g/mol. The summed E-state index contributed by atoms with van der Waals surface area (Å²) in [6, 6.07) is 11.3. The van der Waals surface area contributed by atoms with Crippen molar-refractivity contribution in [1.82, 2.24) is 19.4 Å². The van der Waals surface area contributed by atoms with E-state index in [-0.39, 0.29) is 18.6 Å². The van der Waals surface area contributed by atoms with Crippen LogP contribution in [-0.2, 0) is 34.8 Å². The van der Waals surface area contributed by atoms with Crippen LogP contribution >= 0.6 is 11.6 Å². The Hall–Kier alpha value is -3.73. The number of hydrogen-bond donors (Lipinski definition) is 1. The third-order valence-electron chi connectivity index (χ3n) is 7.43. The average Bonchev–Trinajstić information content (AvgIpc) is 2.96. The summed E-state index contributed by atoms with van der Waals surface area (Å²) in [5, 5.41) is 3.11. The van der Waals surface area contributed by atoms with Crippen molar-refractivity contribution in [3.8, 4) is 11.1 Å². The molecule has 1 N–H and O–H groups in total. The summed E-state index contributed by atoms with van der Waals surface area (Å²) in [5.41, 5.74) is 2.57. The molecule has 1 aromatic heterocycles. The minimum atomic E-state index is -0.971. The number of morpholine rings is 1. The molecule has 218 valence electrons. The standard InChI is InChI=1S/C30H35ClN4O6/c1-19-6-5-7-23(31)25(19)27(36)32-24(29(38)41-17-14-35-12-15-40-16-13-35)18-21-8-10-22(11-9-21)26-20(2)33(3)30(39)34(4)28(26)37/h5-11,24H,12-18H2,1-4H3,(H,32,36). The van der Waals surface area contributed by atoms with Gasteiger partial charge in [0.05, 0.1) is 29.4 Å². The van der Waals surface area contributed by atoms with Crippen molar-refractivity contribution in [2.24, 2.45) is 14.1 Å².